The molecule has 1 fully saturated rings. The fourth-order valence-corrected chi connectivity index (χ4v) is 2.05. The van der Waals surface area contributed by atoms with Crippen LogP contribution in [0.1, 0.15) is 6.42 Å². The first-order valence-electron chi connectivity index (χ1n) is 5.54. The highest BCUT2D eigenvalue weighted by atomic mass is 16.2. The van der Waals surface area contributed by atoms with Gasteiger partial charge in [-0.15, -0.1) is 0 Å². The van der Waals surface area contributed by atoms with Crippen LogP contribution in [0.25, 0.3) is 0 Å². The maximum Gasteiger partial charge on any atom is 0.270 e. The van der Waals surface area contributed by atoms with Crippen molar-refractivity contribution in [2.75, 3.05) is 24.9 Å². The zero-order valence-corrected chi connectivity index (χ0v) is 9.72. The minimum atomic E-state index is -0.352. The van der Waals surface area contributed by atoms with Crippen molar-refractivity contribution in [3.63, 3.8) is 0 Å². The van der Waals surface area contributed by atoms with Crippen molar-refractivity contribution in [3.05, 3.63) is 28.7 Å². The summed E-state index contributed by atoms with van der Waals surface area (Å²) in [5.41, 5.74) is -0.165. The van der Waals surface area contributed by atoms with Gasteiger partial charge in [-0.3, -0.25) is 9.59 Å². The molecule has 2 heterocycles. The summed E-state index contributed by atoms with van der Waals surface area (Å²) >= 11 is 0. The van der Waals surface area contributed by atoms with Gasteiger partial charge in [-0.1, -0.05) is 0 Å². The molecule has 0 spiro atoms. The van der Waals surface area contributed by atoms with Gasteiger partial charge in [0, 0.05) is 12.7 Å². The number of aromatic nitrogens is 1. The van der Waals surface area contributed by atoms with Crippen molar-refractivity contribution in [2.45, 2.75) is 6.42 Å². The van der Waals surface area contributed by atoms with E-state index in [-0.39, 0.29) is 23.1 Å². The molecule has 1 amide bonds. The smallest absolute Gasteiger partial charge is 0.270 e. The molecule has 0 aromatic carbocycles. The van der Waals surface area contributed by atoms with Crippen molar-refractivity contribution >= 4 is 19.6 Å². The van der Waals surface area contributed by atoms with Crippen LogP contribution in [-0.4, -0.2) is 43.9 Å². The SMILES string of the molecule is [B]N(C(=O)C1CCN(C)C1)c1ccc[nH]c1=O. The van der Waals surface area contributed by atoms with E-state index < -0.39 is 0 Å². The second-order valence-electron chi connectivity index (χ2n) is 4.34. The summed E-state index contributed by atoms with van der Waals surface area (Å²) in [5.74, 6) is -0.323. The number of anilines is 1. The minimum Gasteiger partial charge on any atom is -0.364 e. The molecule has 88 valence electrons. The summed E-state index contributed by atoms with van der Waals surface area (Å²) in [6, 6.07) is 3.18. The number of rotatable bonds is 2. The van der Waals surface area contributed by atoms with Gasteiger partial charge >= 0.3 is 0 Å². The highest BCUT2D eigenvalue weighted by Crippen LogP contribution is 2.18. The van der Waals surface area contributed by atoms with Crippen molar-refractivity contribution in [1.29, 1.82) is 0 Å². The molecule has 0 aliphatic carbocycles. The van der Waals surface area contributed by atoms with E-state index in [1.165, 1.54) is 12.3 Å². The first-order valence-corrected chi connectivity index (χ1v) is 5.54. The molecule has 17 heavy (non-hydrogen) atoms. The van der Waals surface area contributed by atoms with Crippen LogP contribution >= 0.6 is 0 Å². The lowest BCUT2D eigenvalue weighted by Crippen LogP contribution is -2.38. The maximum absolute atomic E-state index is 12.1. The van der Waals surface area contributed by atoms with Gasteiger partial charge in [0.05, 0.1) is 11.6 Å². The predicted octanol–water partition coefficient (Wildman–Crippen LogP) is -0.257. The predicted molar refractivity (Wildman–Crippen MR) is 65.9 cm³/mol. The van der Waals surface area contributed by atoms with Crippen LogP contribution in [-0.2, 0) is 4.79 Å². The third kappa shape index (κ3) is 2.41. The number of carbonyl (C=O) groups excluding carboxylic acids is 1. The Morgan fingerprint density at radius 2 is 2.41 bits per heavy atom. The molecular formula is C11H14BN3O2. The monoisotopic (exact) mass is 231 g/mol. The number of aromatic amines is 1. The molecule has 1 aromatic heterocycles. The van der Waals surface area contributed by atoms with Gasteiger partial charge in [0.15, 0.2) is 0 Å². The number of nitrogens with one attached hydrogen (secondary N) is 1. The first-order chi connectivity index (χ1) is 8.09. The van der Waals surface area contributed by atoms with Gasteiger partial charge in [-0.2, -0.15) is 0 Å². The van der Waals surface area contributed by atoms with E-state index in [1.54, 1.807) is 6.07 Å². The summed E-state index contributed by atoms with van der Waals surface area (Å²) in [4.78, 5) is 29.1. The summed E-state index contributed by atoms with van der Waals surface area (Å²) in [5, 5.41) is 0. The third-order valence-corrected chi connectivity index (χ3v) is 3.03. The molecule has 5 nitrogen and oxygen atoms in total. The summed E-state index contributed by atoms with van der Waals surface area (Å²) in [6.07, 6.45) is 2.29. The van der Waals surface area contributed by atoms with E-state index in [0.717, 1.165) is 17.8 Å². The van der Waals surface area contributed by atoms with Crippen molar-refractivity contribution in [2.24, 2.45) is 5.92 Å². The van der Waals surface area contributed by atoms with E-state index >= 15 is 0 Å². The van der Waals surface area contributed by atoms with Gasteiger partial charge in [-0.25, -0.2) is 0 Å². The molecule has 1 unspecified atom stereocenters. The van der Waals surface area contributed by atoms with Gasteiger partial charge in [0.1, 0.15) is 0 Å². The first kappa shape index (κ1) is 11.9. The van der Waals surface area contributed by atoms with Gasteiger partial charge < -0.3 is 14.7 Å². The Hall–Kier alpha value is -1.56. The van der Waals surface area contributed by atoms with Crippen molar-refractivity contribution in [3.8, 4) is 0 Å². The Labute approximate surface area is 101 Å². The van der Waals surface area contributed by atoms with E-state index in [9.17, 15) is 9.59 Å². The largest absolute Gasteiger partial charge is 0.364 e. The zero-order valence-electron chi connectivity index (χ0n) is 9.72. The van der Waals surface area contributed by atoms with Gasteiger partial charge in [0.2, 0.25) is 13.9 Å². The van der Waals surface area contributed by atoms with Gasteiger partial charge in [-0.05, 0) is 32.1 Å². The molecule has 1 saturated heterocycles. The van der Waals surface area contributed by atoms with Crippen LogP contribution < -0.4 is 10.4 Å². The van der Waals surface area contributed by atoms with Crippen LogP contribution in [0.2, 0.25) is 0 Å². The molecular weight excluding hydrogens is 217 g/mol. The second-order valence-corrected chi connectivity index (χ2v) is 4.34. The number of nitrogens with zero attached hydrogens (tertiary/aromatic N) is 2. The topological polar surface area (TPSA) is 56.4 Å². The lowest BCUT2D eigenvalue weighted by Gasteiger charge is -2.20. The average molecular weight is 231 g/mol. The number of amides is 1. The number of hydrogen-bond acceptors (Lipinski definition) is 3. The van der Waals surface area contributed by atoms with E-state index in [4.69, 9.17) is 7.98 Å². The van der Waals surface area contributed by atoms with E-state index in [2.05, 4.69) is 9.88 Å². The molecule has 1 aromatic rings. The Kier molecular flexibility index (Phi) is 3.33. The van der Waals surface area contributed by atoms with Crippen LogP contribution in [0.5, 0.6) is 0 Å². The Morgan fingerprint density at radius 3 is 3.00 bits per heavy atom. The van der Waals surface area contributed by atoms with Crippen molar-refractivity contribution < 1.29 is 4.79 Å². The number of carbonyl (C=O) groups is 1. The quantitative estimate of drug-likeness (QED) is 0.713. The molecule has 1 N–H and O–H groups in total. The highest BCUT2D eigenvalue weighted by Gasteiger charge is 2.29. The normalized spacial score (nSPS) is 20.4. The standard InChI is InChI=1S/C11H14BN3O2/c1-14-6-4-8(7-14)11(17)15(12)9-3-2-5-13-10(9)16/h2-3,5,8H,4,6-7H2,1H3,(H,13,16). The molecule has 1 aliphatic rings. The zero-order chi connectivity index (χ0) is 12.4. The summed E-state index contributed by atoms with van der Waals surface area (Å²) in [7, 11) is 7.67. The number of H-pyrrole nitrogens is 1. The number of pyridine rings is 1. The molecule has 1 atom stereocenters. The Bertz CT molecular complexity index is 474. The van der Waals surface area contributed by atoms with E-state index in [0.29, 0.717) is 6.54 Å². The molecule has 0 bridgehead atoms. The molecule has 2 radical (unpaired) electrons. The summed E-state index contributed by atoms with van der Waals surface area (Å²) < 4.78 is 0. The third-order valence-electron chi connectivity index (χ3n) is 3.03. The fraction of sp³-hybridized carbons (Fsp3) is 0.455. The molecule has 1 aliphatic heterocycles. The fourth-order valence-electron chi connectivity index (χ4n) is 2.05. The Morgan fingerprint density at radius 1 is 1.65 bits per heavy atom. The van der Waals surface area contributed by atoms with Crippen LogP contribution in [0.15, 0.2) is 23.1 Å². The highest BCUT2D eigenvalue weighted by molar-refractivity contribution is 6.31. The maximum atomic E-state index is 12.1. The van der Waals surface area contributed by atoms with Crippen LogP contribution in [0.4, 0.5) is 5.69 Å². The lowest BCUT2D eigenvalue weighted by molar-refractivity contribution is -0.120. The molecule has 2 rings (SSSR count). The van der Waals surface area contributed by atoms with Crippen molar-refractivity contribution in [1.82, 2.24) is 9.88 Å². The summed E-state index contributed by atoms with van der Waals surface area (Å²) in [6.45, 7) is 1.58. The number of likely N-dealkylation sites (tertiary alicyclic amines) is 1. The van der Waals surface area contributed by atoms with Crippen LogP contribution in [0, 0.1) is 5.92 Å². The lowest BCUT2D eigenvalue weighted by atomic mass is 10.0. The van der Waals surface area contributed by atoms with E-state index in [1.807, 2.05) is 7.05 Å². The molecule has 0 saturated carbocycles. The Balaban J connectivity index is 2.15. The van der Waals surface area contributed by atoms with Gasteiger partial charge in [0.25, 0.3) is 5.56 Å². The number of hydrogen-bond donors (Lipinski definition) is 1. The molecule has 6 heteroatoms. The average Bonchev–Trinajstić information content (AvgIpc) is 2.75. The van der Waals surface area contributed by atoms with Crippen LogP contribution in [0.3, 0.4) is 0 Å². The second kappa shape index (κ2) is 4.75. The minimum absolute atomic E-state index is 0.121.